The van der Waals surface area contributed by atoms with Crippen LogP contribution in [0.4, 0.5) is 15.8 Å². The number of nitrogens with one attached hydrogen (secondary N) is 2. The number of benzene rings is 1. The molecule has 112 valence electrons. The normalized spacial score (nSPS) is 10.8. The fraction of sp³-hybridized carbons (Fsp3) is 0.125. The molecule has 3 aromatic rings. The summed E-state index contributed by atoms with van der Waals surface area (Å²) >= 11 is 0. The number of carbonyl (C=O) groups is 1. The summed E-state index contributed by atoms with van der Waals surface area (Å²) in [5.41, 5.74) is 8.56. The van der Waals surface area contributed by atoms with Crippen LogP contribution in [-0.2, 0) is 6.54 Å². The Kier molecular flexibility index (Phi) is 3.50. The molecule has 6 heteroatoms. The summed E-state index contributed by atoms with van der Waals surface area (Å²) in [7, 11) is 0. The van der Waals surface area contributed by atoms with E-state index < -0.39 is 5.82 Å². The molecule has 0 radical (unpaired) electrons. The van der Waals surface area contributed by atoms with Crippen LogP contribution in [0.5, 0.6) is 0 Å². The molecule has 3 rings (SSSR count). The maximum absolute atomic E-state index is 13.1. The number of halogens is 1. The van der Waals surface area contributed by atoms with Crippen LogP contribution in [0.1, 0.15) is 23.0 Å². The highest BCUT2D eigenvalue weighted by Gasteiger charge is 2.06. The van der Waals surface area contributed by atoms with Gasteiger partial charge in [-0.05, 0) is 29.8 Å². The highest BCUT2D eigenvalue weighted by molar-refractivity contribution is 5.97. The van der Waals surface area contributed by atoms with Gasteiger partial charge in [-0.3, -0.25) is 4.79 Å². The zero-order valence-electron chi connectivity index (χ0n) is 12.0. The molecule has 5 nitrogen and oxygen atoms in total. The second-order valence-electron chi connectivity index (χ2n) is 5.11. The average Bonchev–Trinajstić information content (AvgIpc) is 2.92. The van der Waals surface area contributed by atoms with Crippen LogP contribution in [0.2, 0.25) is 0 Å². The van der Waals surface area contributed by atoms with Crippen molar-refractivity contribution in [3.05, 3.63) is 53.6 Å². The summed E-state index contributed by atoms with van der Waals surface area (Å²) in [6, 6.07) is 8.29. The van der Waals surface area contributed by atoms with Crippen LogP contribution in [0.15, 0.2) is 36.5 Å². The van der Waals surface area contributed by atoms with E-state index in [1.165, 1.54) is 13.0 Å². The SMILES string of the molecule is CC(=O)c1cc2cc(NCc3ccc(F)c(N)c3)cnc2[nH]1. The number of anilines is 2. The van der Waals surface area contributed by atoms with E-state index in [1.54, 1.807) is 24.4 Å². The number of carbonyl (C=O) groups excluding carboxylic acids is 1. The summed E-state index contributed by atoms with van der Waals surface area (Å²) in [6.07, 6.45) is 1.68. The minimum atomic E-state index is -0.420. The number of rotatable bonds is 4. The van der Waals surface area contributed by atoms with Crippen LogP contribution in [0, 0.1) is 5.82 Å². The molecule has 0 aliphatic carbocycles. The van der Waals surface area contributed by atoms with Crippen molar-refractivity contribution in [2.45, 2.75) is 13.5 Å². The van der Waals surface area contributed by atoms with E-state index in [-0.39, 0.29) is 11.5 Å². The molecule has 0 amide bonds. The van der Waals surface area contributed by atoms with Crippen molar-refractivity contribution in [2.75, 3.05) is 11.1 Å². The minimum absolute atomic E-state index is 0.0331. The fourth-order valence-corrected chi connectivity index (χ4v) is 2.21. The number of aromatic amines is 1. The highest BCUT2D eigenvalue weighted by Crippen LogP contribution is 2.19. The number of Topliss-reactive ketones (excluding diaryl/α,β-unsaturated/α-hetero) is 1. The first kappa shape index (κ1) is 14.1. The number of H-pyrrole nitrogens is 1. The molecule has 2 heterocycles. The first-order chi connectivity index (χ1) is 10.5. The Bertz CT molecular complexity index is 856. The molecule has 1 aromatic carbocycles. The maximum Gasteiger partial charge on any atom is 0.176 e. The van der Waals surface area contributed by atoms with Crippen molar-refractivity contribution in [3.8, 4) is 0 Å². The molecular formula is C16H15FN4O. The topological polar surface area (TPSA) is 83.8 Å². The number of nitrogens with two attached hydrogens (primary N) is 1. The van der Waals surface area contributed by atoms with Gasteiger partial charge in [0.15, 0.2) is 5.78 Å². The number of fused-ring (bicyclic) bond motifs is 1. The van der Waals surface area contributed by atoms with E-state index in [2.05, 4.69) is 15.3 Å². The third kappa shape index (κ3) is 2.76. The average molecular weight is 298 g/mol. The molecule has 4 N–H and O–H groups in total. The Hall–Kier alpha value is -2.89. The zero-order chi connectivity index (χ0) is 15.7. The predicted octanol–water partition coefficient (Wildman–Crippen LogP) is 3.10. The van der Waals surface area contributed by atoms with Gasteiger partial charge >= 0.3 is 0 Å². The van der Waals surface area contributed by atoms with Gasteiger partial charge in [0.25, 0.3) is 0 Å². The third-order valence-corrected chi connectivity index (χ3v) is 3.41. The number of aromatic nitrogens is 2. The lowest BCUT2D eigenvalue weighted by Gasteiger charge is -2.07. The molecule has 0 spiro atoms. The lowest BCUT2D eigenvalue weighted by Crippen LogP contribution is -2.01. The van der Waals surface area contributed by atoms with Gasteiger partial charge in [0.05, 0.1) is 23.3 Å². The Balaban J connectivity index is 1.78. The van der Waals surface area contributed by atoms with Crippen LogP contribution >= 0.6 is 0 Å². The van der Waals surface area contributed by atoms with Gasteiger partial charge in [0.2, 0.25) is 0 Å². The second-order valence-corrected chi connectivity index (χ2v) is 5.11. The maximum atomic E-state index is 13.1. The second kappa shape index (κ2) is 5.48. The van der Waals surface area contributed by atoms with Crippen LogP contribution < -0.4 is 11.1 Å². The van der Waals surface area contributed by atoms with Gasteiger partial charge in [-0.15, -0.1) is 0 Å². The van der Waals surface area contributed by atoms with Crippen LogP contribution in [0.25, 0.3) is 11.0 Å². The molecule has 0 aliphatic heterocycles. The van der Waals surface area contributed by atoms with Crippen LogP contribution in [-0.4, -0.2) is 15.8 Å². The molecular weight excluding hydrogens is 283 g/mol. The van der Waals surface area contributed by atoms with Crippen molar-refractivity contribution in [3.63, 3.8) is 0 Å². The fourth-order valence-electron chi connectivity index (χ4n) is 2.21. The zero-order valence-corrected chi connectivity index (χ0v) is 12.0. The molecule has 0 aliphatic rings. The van der Waals surface area contributed by atoms with Gasteiger partial charge < -0.3 is 16.0 Å². The lowest BCUT2D eigenvalue weighted by molar-refractivity contribution is 0.101. The smallest absolute Gasteiger partial charge is 0.176 e. The summed E-state index contributed by atoms with van der Waals surface area (Å²) < 4.78 is 13.1. The van der Waals surface area contributed by atoms with Gasteiger partial charge in [0, 0.05) is 18.9 Å². The molecule has 2 aromatic heterocycles. The summed E-state index contributed by atoms with van der Waals surface area (Å²) in [5.74, 6) is -0.454. The van der Waals surface area contributed by atoms with Crippen molar-refractivity contribution < 1.29 is 9.18 Å². The number of nitrogens with zero attached hydrogens (tertiary/aromatic N) is 1. The van der Waals surface area contributed by atoms with Gasteiger partial charge in [-0.25, -0.2) is 9.37 Å². The number of hydrogen-bond acceptors (Lipinski definition) is 4. The summed E-state index contributed by atoms with van der Waals surface area (Å²) in [5, 5.41) is 4.05. The molecule has 0 atom stereocenters. The lowest BCUT2D eigenvalue weighted by atomic mass is 10.2. The van der Waals surface area contributed by atoms with E-state index in [1.807, 2.05) is 6.07 Å². The van der Waals surface area contributed by atoms with E-state index in [9.17, 15) is 9.18 Å². The first-order valence-corrected chi connectivity index (χ1v) is 6.80. The Morgan fingerprint density at radius 1 is 1.36 bits per heavy atom. The number of pyridine rings is 1. The Morgan fingerprint density at radius 2 is 2.18 bits per heavy atom. The Labute approximate surface area is 126 Å². The highest BCUT2D eigenvalue weighted by atomic mass is 19.1. The molecule has 0 unspecified atom stereocenters. The van der Waals surface area contributed by atoms with Crippen LogP contribution in [0.3, 0.4) is 0 Å². The molecule has 0 saturated carbocycles. The first-order valence-electron chi connectivity index (χ1n) is 6.80. The summed E-state index contributed by atoms with van der Waals surface area (Å²) in [6.45, 7) is 2.00. The third-order valence-electron chi connectivity index (χ3n) is 3.41. The van der Waals surface area contributed by atoms with Crippen molar-refractivity contribution >= 4 is 28.2 Å². The molecule has 22 heavy (non-hydrogen) atoms. The monoisotopic (exact) mass is 298 g/mol. The quantitative estimate of drug-likeness (QED) is 0.510. The van der Waals surface area contributed by atoms with Crippen molar-refractivity contribution in [1.82, 2.24) is 9.97 Å². The summed E-state index contributed by atoms with van der Waals surface area (Å²) in [4.78, 5) is 18.6. The van der Waals surface area contributed by atoms with Crippen molar-refractivity contribution in [1.29, 1.82) is 0 Å². The van der Waals surface area contributed by atoms with E-state index in [0.29, 0.717) is 17.9 Å². The van der Waals surface area contributed by atoms with Gasteiger partial charge in [-0.2, -0.15) is 0 Å². The molecule has 0 fully saturated rings. The Morgan fingerprint density at radius 3 is 2.91 bits per heavy atom. The molecule has 0 saturated heterocycles. The van der Waals surface area contributed by atoms with Gasteiger partial charge in [-0.1, -0.05) is 6.07 Å². The largest absolute Gasteiger partial charge is 0.396 e. The molecule has 0 bridgehead atoms. The van der Waals surface area contributed by atoms with E-state index in [0.717, 1.165) is 16.6 Å². The standard InChI is InChI=1S/C16H15FN4O/c1-9(22)15-6-11-5-12(8-20-16(11)21-15)19-7-10-2-3-13(17)14(18)4-10/h2-6,8,19H,7,18H2,1H3,(H,20,21). The van der Waals surface area contributed by atoms with Gasteiger partial charge in [0.1, 0.15) is 11.5 Å². The minimum Gasteiger partial charge on any atom is -0.396 e. The van der Waals surface area contributed by atoms with Crippen molar-refractivity contribution in [2.24, 2.45) is 0 Å². The predicted molar refractivity (Wildman–Crippen MR) is 84.2 cm³/mol. The number of hydrogen-bond donors (Lipinski definition) is 3. The number of nitrogen functional groups attached to an aromatic ring is 1. The van der Waals surface area contributed by atoms with E-state index in [4.69, 9.17) is 5.73 Å². The van der Waals surface area contributed by atoms with E-state index >= 15 is 0 Å². The number of ketones is 1.